The SMILES string of the molecule is CCN(CC)C(=O)C(c1ccccc1)N1CCN(c2ccc(Nc3ccccn3)cc2F)CC1. The van der Waals surface area contributed by atoms with Gasteiger partial charge in [0.2, 0.25) is 5.91 Å². The minimum absolute atomic E-state index is 0.126. The van der Waals surface area contributed by atoms with Crippen molar-refractivity contribution in [2.75, 3.05) is 49.5 Å². The first-order valence-corrected chi connectivity index (χ1v) is 11.9. The maximum Gasteiger partial charge on any atom is 0.244 e. The summed E-state index contributed by atoms with van der Waals surface area (Å²) >= 11 is 0. The number of nitrogens with zero attached hydrogens (tertiary/aromatic N) is 4. The number of carbonyl (C=O) groups is 1. The normalized spacial score (nSPS) is 15.1. The van der Waals surface area contributed by atoms with Crippen molar-refractivity contribution in [3.8, 4) is 0 Å². The monoisotopic (exact) mass is 461 g/mol. The minimum atomic E-state index is -0.321. The Kier molecular flexibility index (Phi) is 7.75. The smallest absolute Gasteiger partial charge is 0.244 e. The molecule has 3 aromatic rings. The van der Waals surface area contributed by atoms with E-state index >= 15 is 4.39 Å². The summed E-state index contributed by atoms with van der Waals surface area (Å²) in [6.45, 7) is 8.05. The number of rotatable bonds is 8. The highest BCUT2D eigenvalue weighted by molar-refractivity contribution is 5.83. The molecular formula is C27H32FN5O. The first-order valence-electron chi connectivity index (χ1n) is 11.9. The lowest BCUT2D eigenvalue weighted by atomic mass is 10.0. The van der Waals surface area contributed by atoms with Gasteiger partial charge < -0.3 is 15.1 Å². The fraction of sp³-hybridized carbons (Fsp3) is 0.333. The third kappa shape index (κ3) is 5.37. The third-order valence-corrected chi connectivity index (χ3v) is 6.33. The van der Waals surface area contributed by atoms with Crippen molar-refractivity contribution in [3.05, 3.63) is 84.3 Å². The summed E-state index contributed by atoms with van der Waals surface area (Å²) in [7, 11) is 0. The van der Waals surface area contributed by atoms with Crippen LogP contribution in [0.25, 0.3) is 0 Å². The molecule has 4 rings (SSSR count). The summed E-state index contributed by atoms with van der Waals surface area (Å²) in [5.74, 6) is 0.530. The summed E-state index contributed by atoms with van der Waals surface area (Å²) in [6, 6.07) is 20.4. The average Bonchev–Trinajstić information content (AvgIpc) is 2.87. The molecule has 178 valence electrons. The zero-order chi connectivity index (χ0) is 23.9. The predicted octanol–water partition coefficient (Wildman–Crippen LogP) is 4.70. The van der Waals surface area contributed by atoms with Gasteiger partial charge in [-0.3, -0.25) is 9.69 Å². The van der Waals surface area contributed by atoms with E-state index in [1.165, 1.54) is 6.07 Å². The van der Waals surface area contributed by atoms with Gasteiger partial charge in [0.05, 0.1) is 5.69 Å². The second-order valence-corrected chi connectivity index (χ2v) is 8.35. The number of hydrogen-bond donors (Lipinski definition) is 1. The van der Waals surface area contributed by atoms with Crippen molar-refractivity contribution in [1.82, 2.24) is 14.8 Å². The number of pyridine rings is 1. The standard InChI is InChI=1S/C27H32FN5O/c1-3-31(4-2)27(34)26(21-10-6-5-7-11-21)33-18-16-32(17-19-33)24-14-13-22(20-23(24)28)30-25-12-8-9-15-29-25/h5-15,20,26H,3-4,16-19H2,1-2H3,(H,29,30). The molecule has 2 aromatic carbocycles. The summed E-state index contributed by atoms with van der Waals surface area (Å²) in [4.78, 5) is 23.8. The summed E-state index contributed by atoms with van der Waals surface area (Å²) in [5.41, 5.74) is 2.24. The van der Waals surface area contributed by atoms with Gasteiger partial charge in [-0.25, -0.2) is 9.37 Å². The van der Waals surface area contributed by atoms with E-state index in [1.807, 2.05) is 79.4 Å². The average molecular weight is 462 g/mol. The van der Waals surface area contributed by atoms with Crippen LogP contribution >= 0.6 is 0 Å². The molecule has 0 radical (unpaired) electrons. The largest absolute Gasteiger partial charge is 0.367 e. The van der Waals surface area contributed by atoms with Crippen molar-refractivity contribution in [3.63, 3.8) is 0 Å². The maximum absolute atomic E-state index is 15.0. The number of piperazine rings is 1. The van der Waals surface area contributed by atoms with Crippen molar-refractivity contribution in [2.45, 2.75) is 19.9 Å². The molecule has 0 bridgehead atoms. The molecule has 1 amide bonds. The molecule has 1 aliphatic heterocycles. The molecule has 1 aliphatic rings. The molecular weight excluding hydrogens is 429 g/mol. The van der Waals surface area contributed by atoms with Gasteiger partial charge in [-0.15, -0.1) is 0 Å². The first kappa shape index (κ1) is 23.7. The molecule has 1 unspecified atom stereocenters. The molecule has 1 atom stereocenters. The van der Waals surface area contributed by atoms with Crippen LogP contribution in [-0.4, -0.2) is 60.0 Å². The summed E-state index contributed by atoms with van der Waals surface area (Å²) in [5, 5.41) is 3.13. The van der Waals surface area contributed by atoms with Crippen molar-refractivity contribution < 1.29 is 9.18 Å². The Morgan fingerprint density at radius 1 is 1.00 bits per heavy atom. The molecule has 6 nitrogen and oxygen atoms in total. The fourth-order valence-corrected chi connectivity index (χ4v) is 4.50. The number of nitrogens with one attached hydrogen (secondary N) is 1. The highest BCUT2D eigenvalue weighted by atomic mass is 19.1. The van der Waals surface area contributed by atoms with Gasteiger partial charge in [0.1, 0.15) is 17.7 Å². The molecule has 7 heteroatoms. The number of anilines is 3. The Hall–Kier alpha value is -3.45. The number of amides is 1. The molecule has 0 spiro atoms. The minimum Gasteiger partial charge on any atom is -0.367 e. The molecule has 1 saturated heterocycles. The van der Waals surface area contributed by atoms with Crippen LogP contribution in [0.3, 0.4) is 0 Å². The van der Waals surface area contributed by atoms with Crippen molar-refractivity contribution >= 4 is 23.1 Å². The van der Waals surface area contributed by atoms with Gasteiger partial charge >= 0.3 is 0 Å². The lowest BCUT2D eigenvalue weighted by Crippen LogP contribution is -2.51. The Bertz CT molecular complexity index is 1070. The summed E-state index contributed by atoms with van der Waals surface area (Å²) < 4.78 is 15.0. The van der Waals surface area contributed by atoms with E-state index in [0.717, 1.165) is 5.56 Å². The van der Waals surface area contributed by atoms with Gasteiger partial charge in [0, 0.05) is 51.2 Å². The Morgan fingerprint density at radius 3 is 2.32 bits per heavy atom. The lowest BCUT2D eigenvalue weighted by molar-refractivity contribution is -0.137. The molecule has 1 fully saturated rings. The number of carbonyl (C=O) groups excluding carboxylic acids is 1. The van der Waals surface area contributed by atoms with Crippen LogP contribution in [0.5, 0.6) is 0 Å². The first-order chi connectivity index (χ1) is 16.6. The van der Waals surface area contributed by atoms with Gasteiger partial charge in [-0.2, -0.15) is 0 Å². The van der Waals surface area contributed by atoms with Crippen molar-refractivity contribution in [2.24, 2.45) is 0 Å². The quantitative estimate of drug-likeness (QED) is 0.527. The van der Waals surface area contributed by atoms with Crippen LogP contribution in [0.1, 0.15) is 25.5 Å². The summed E-state index contributed by atoms with van der Waals surface area (Å²) in [6.07, 6.45) is 1.69. The molecule has 1 N–H and O–H groups in total. The van der Waals surface area contributed by atoms with Gasteiger partial charge in [-0.05, 0) is 49.7 Å². The van der Waals surface area contributed by atoms with Crippen LogP contribution in [0.15, 0.2) is 72.9 Å². The fourth-order valence-electron chi connectivity index (χ4n) is 4.50. The second-order valence-electron chi connectivity index (χ2n) is 8.35. The van der Waals surface area contributed by atoms with Gasteiger partial charge in [-0.1, -0.05) is 36.4 Å². The van der Waals surface area contributed by atoms with E-state index in [2.05, 4.69) is 20.1 Å². The Morgan fingerprint density at radius 2 is 1.71 bits per heavy atom. The van der Waals surface area contributed by atoms with Crippen molar-refractivity contribution in [1.29, 1.82) is 0 Å². The Balaban J connectivity index is 1.46. The van der Waals surface area contributed by atoms with E-state index in [9.17, 15) is 4.79 Å². The van der Waals surface area contributed by atoms with E-state index in [-0.39, 0.29) is 17.8 Å². The number of hydrogen-bond acceptors (Lipinski definition) is 5. The predicted molar refractivity (Wildman–Crippen MR) is 135 cm³/mol. The number of halogens is 1. The number of benzene rings is 2. The molecule has 2 heterocycles. The molecule has 34 heavy (non-hydrogen) atoms. The van der Waals surface area contributed by atoms with E-state index in [1.54, 1.807) is 6.20 Å². The zero-order valence-corrected chi connectivity index (χ0v) is 19.8. The van der Waals surface area contributed by atoms with E-state index < -0.39 is 0 Å². The van der Waals surface area contributed by atoms with Crippen LogP contribution in [0, 0.1) is 5.82 Å². The maximum atomic E-state index is 15.0. The highest BCUT2D eigenvalue weighted by Gasteiger charge is 2.33. The van der Waals surface area contributed by atoms with Crippen LogP contribution in [0.2, 0.25) is 0 Å². The lowest BCUT2D eigenvalue weighted by Gasteiger charge is -2.41. The molecule has 1 aromatic heterocycles. The third-order valence-electron chi connectivity index (χ3n) is 6.33. The van der Waals surface area contributed by atoms with E-state index in [4.69, 9.17) is 0 Å². The Labute approximate surface area is 201 Å². The van der Waals surface area contributed by atoms with E-state index in [0.29, 0.717) is 56.5 Å². The molecule has 0 aliphatic carbocycles. The van der Waals surface area contributed by atoms with Gasteiger partial charge in [0.25, 0.3) is 0 Å². The van der Waals surface area contributed by atoms with Crippen LogP contribution in [-0.2, 0) is 4.79 Å². The second kappa shape index (κ2) is 11.1. The highest BCUT2D eigenvalue weighted by Crippen LogP contribution is 2.29. The van der Waals surface area contributed by atoms with Crippen LogP contribution in [0.4, 0.5) is 21.6 Å². The molecule has 0 saturated carbocycles. The topological polar surface area (TPSA) is 51.7 Å². The number of aromatic nitrogens is 1. The number of likely N-dealkylation sites (N-methyl/N-ethyl adjacent to an activating group) is 1. The van der Waals surface area contributed by atoms with Crippen LogP contribution < -0.4 is 10.2 Å². The zero-order valence-electron chi connectivity index (χ0n) is 19.8. The van der Waals surface area contributed by atoms with Gasteiger partial charge in [0.15, 0.2) is 0 Å².